The van der Waals surface area contributed by atoms with E-state index in [-0.39, 0.29) is 28.4 Å². The van der Waals surface area contributed by atoms with Gasteiger partial charge in [0, 0.05) is 49.8 Å². The van der Waals surface area contributed by atoms with Crippen LogP contribution < -0.4 is 10.6 Å². The number of carbonyl (C=O) groups excluding carboxylic acids is 2. The van der Waals surface area contributed by atoms with Crippen molar-refractivity contribution in [1.82, 2.24) is 24.6 Å². The quantitative estimate of drug-likeness (QED) is 0.315. The molecule has 2 amide bonds. The highest BCUT2D eigenvalue weighted by atomic mass is 35.5. The molecule has 6 rings (SSSR count). The Morgan fingerprint density at radius 1 is 1.16 bits per heavy atom. The van der Waals surface area contributed by atoms with Crippen LogP contribution in [0.4, 0.5) is 14.6 Å². The van der Waals surface area contributed by atoms with Crippen LogP contribution in [0.25, 0.3) is 27.9 Å². The maximum atomic E-state index is 14.3. The predicted octanol–water partition coefficient (Wildman–Crippen LogP) is 4.80. The van der Waals surface area contributed by atoms with Gasteiger partial charge < -0.3 is 15.5 Å². The average molecular weight is 539 g/mol. The van der Waals surface area contributed by atoms with Gasteiger partial charge in [0.25, 0.3) is 5.91 Å². The molecule has 4 aromatic rings. The van der Waals surface area contributed by atoms with Crippen molar-refractivity contribution in [2.75, 3.05) is 25.0 Å². The average Bonchev–Trinajstić information content (AvgIpc) is 3.43. The number of anilines is 1. The van der Waals surface area contributed by atoms with E-state index < -0.39 is 11.6 Å². The van der Waals surface area contributed by atoms with Crippen molar-refractivity contribution >= 4 is 45.9 Å². The third-order valence-electron chi connectivity index (χ3n) is 6.95. The first-order valence-electron chi connectivity index (χ1n) is 12.7. The lowest BCUT2D eigenvalue weighted by Gasteiger charge is -2.16. The summed E-state index contributed by atoms with van der Waals surface area (Å²) < 4.78 is 30.2. The number of hydrogen-bond donors (Lipinski definition) is 2. The van der Waals surface area contributed by atoms with Crippen LogP contribution in [0.5, 0.6) is 0 Å². The third kappa shape index (κ3) is 4.64. The molecular formula is C27H25ClF2N6O2. The van der Waals surface area contributed by atoms with E-state index in [0.717, 1.165) is 37.9 Å². The van der Waals surface area contributed by atoms with Crippen molar-refractivity contribution in [2.45, 2.75) is 38.1 Å². The van der Waals surface area contributed by atoms with Crippen molar-refractivity contribution in [1.29, 1.82) is 0 Å². The van der Waals surface area contributed by atoms with Gasteiger partial charge in [0.05, 0.1) is 33.5 Å². The van der Waals surface area contributed by atoms with E-state index in [9.17, 15) is 18.4 Å². The molecule has 0 unspecified atom stereocenters. The maximum Gasteiger partial charge on any atom is 0.253 e. The van der Waals surface area contributed by atoms with Crippen molar-refractivity contribution in [3.63, 3.8) is 0 Å². The number of carbonyl (C=O) groups is 2. The topological polar surface area (TPSA) is 91.6 Å². The van der Waals surface area contributed by atoms with E-state index in [4.69, 9.17) is 11.6 Å². The summed E-state index contributed by atoms with van der Waals surface area (Å²) in [7, 11) is 0. The summed E-state index contributed by atoms with van der Waals surface area (Å²) in [5.41, 5.74) is 2.63. The largest absolute Gasteiger partial charge is 0.367 e. The van der Waals surface area contributed by atoms with E-state index in [0.29, 0.717) is 59.7 Å². The number of fused-ring (bicyclic) bond motifs is 3. The number of amides is 2. The zero-order valence-electron chi connectivity index (χ0n) is 20.4. The summed E-state index contributed by atoms with van der Waals surface area (Å²) in [5.74, 6) is -1.65. The van der Waals surface area contributed by atoms with Crippen LogP contribution in [0, 0.1) is 11.6 Å². The SMILES string of the molecule is O=C(NC1CC1)c1ccc(-c2cnc3c(NCCCN4CCCC4=O)nc4cc(F)c(F)cc4n23)cc1Cl. The molecule has 2 fully saturated rings. The molecule has 1 aliphatic heterocycles. The molecule has 0 bridgehead atoms. The monoisotopic (exact) mass is 538 g/mol. The first-order chi connectivity index (χ1) is 18.4. The highest BCUT2D eigenvalue weighted by Crippen LogP contribution is 2.32. The standard InChI is InChI=1S/C27H25ClF2N6O2/c28-18-11-15(4-7-17(18)27(38)33-16-5-6-16)23-14-32-26-25(31-8-2-10-35-9-1-3-24(35)37)34-21-12-19(29)20(30)13-22(21)36(23)26/h4,7,11-14,16H,1-3,5-6,8-10H2,(H,31,34)(H,33,38). The predicted molar refractivity (Wildman–Crippen MR) is 140 cm³/mol. The van der Waals surface area contributed by atoms with Crippen LogP contribution in [-0.2, 0) is 4.79 Å². The van der Waals surface area contributed by atoms with Gasteiger partial charge in [0.1, 0.15) is 0 Å². The fourth-order valence-electron chi connectivity index (χ4n) is 4.82. The van der Waals surface area contributed by atoms with Crippen LogP contribution in [0.1, 0.15) is 42.5 Å². The second kappa shape index (κ2) is 9.83. The summed E-state index contributed by atoms with van der Waals surface area (Å²) in [6.07, 6.45) is 5.72. The van der Waals surface area contributed by atoms with E-state index >= 15 is 0 Å². The van der Waals surface area contributed by atoms with Gasteiger partial charge in [-0.25, -0.2) is 18.7 Å². The van der Waals surface area contributed by atoms with Crippen LogP contribution in [0.2, 0.25) is 5.02 Å². The number of rotatable bonds is 8. The second-order valence-electron chi connectivity index (χ2n) is 9.72. The molecule has 2 aromatic carbocycles. The molecule has 11 heteroatoms. The maximum absolute atomic E-state index is 14.3. The first-order valence-corrected chi connectivity index (χ1v) is 13.1. The Labute approximate surface area is 222 Å². The molecule has 2 N–H and O–H groups in total. The van der Waals surface area contributed by atoms with E-state index in [1.54, 1.807) is 28.8 Å². The summed E-state index contributed by atoms with van der Waals surface area (Å²) in [6.45, 7) is 1.92. The highest BCUT2D eigenvalue weighted by Gasteiger charge is 2.25. The van der Waals surface area contributed by atoms with Gasteiger partial charge in [0.2, 0.25) is 5.91 Å². The van der Waals surface area contributed by atoms with Gasteiger partial charge in [-0.2, -0.15) is 0 Å². The van der Waals surface area contributed by atoms with E-state index in [1.165, 1.54) is 0 Å². The molecule has 1 saturated carbocycles. The fourth-order valence-corrected chi connectivity index (χ4v) is 5.08. The minimum Gasteiger partial charge on any atom is -0.367 e. The zero-order chi connectivity index (χ0) is 26.4. The number of imidazole rings is 1. The Kier molecular flexibility index (Phi) is 6.35. The van der Waals surface area contributed by atoms with Gasteiger partial charge in [-0.1, -0.05) is 17.7 Å². The molecular weight excluding hydrogens is 514 g/mol. The number of benzene rings is 2. The molecule has 8 nitrogen and oxygen atoms in total. The van der Waals surface area contributed by atoms with Crippen LogP contribution in [-0.4, -0.2) is 56.8 Å². The summed E-state index contributed by atoms with van der Waals surface area (Å²) in [4.78, 5) is 35.3. The van der Waals surface area contributed by atoms with Gasteiger partial charge in [-0.3, -0.25) is 14.0 Å². The van der Waals surface area contributed by atoms with Gasteiger partial charge >= 0.3 is 0 Å². The lowest BCUT2D eigenvalue weighted by molar-refractivity contribution is -0.127. The van der Waals surface area contributed by atoms with Crippen molar-refractivity contribution in [2.24, 2.45) is 0 Å². The number of hydrogen-bond acceptors (Lipinski definition) is 5. The number of likely N-dealkylation sites (tertiary alicyclic amines) is 1. The van der Waals surface area contributed by atoms with Crippen LogP contribution >= 0.6 is 11.6 Å². The van der Waals surface area contributed by atoms with Crippen molar-refractivity contribution < 1.29 is 18.4 Å². The summed E-state index contributed by atoms with van der Waals surface area (Å²) in [5, 5.41) is 6.45. The third-order valence-corrected chi connectivity index (χ3v) is 7.27. The molecule has 1 saturated heterocycles. The molecule has 196 valence electrons. The summed E-state index contributed by atoms with van der Waals surface area (Å²) >= 11 is 6.49. The molecule has 2 aliphatic rings. The molecule has 2 aromatic heterocycles. The minimum absolute atomic E-state index is 0.168. The molecule has 1 aliphatic carbocycles. The van der Waals surface area contributed by atoms with Gasteiger partial charge in [0.15, 0.2) is 23.1 Å². The van der Waals surface area contributed by atoms with E-state index in [1.807, 2.05) is 4.90 Å². The Balaban J connectivity index is 1.35. The molecule has 38 heavy (non-hydrogen) atoms. The number of nitrogens with one attached hydrogen (secondary N) is 2. The lowest BCUT2D eigenvalue weighted by atomic mass is 10.1. The number of aromatic nitrogens is 3. The normalized spacial score (nSPS) is 15.6. The molecule has 0 spiro atoms. The molecule has 0 radical (unpaired) electrons. The van der Waals surface area contributed by atoms with Gasteiger partial charge in [-0.05, 0) is 37.8 Å². The number of nitrogens with zero attached hydrogens (tertiary/aromatic N) is 4. The Morgan fingerprint density at radius 3 is 2.71 bits per heavy atom. The van der Waals surface area contributed by atoms with Gasteiger partial charge in [-0.15, -0.1) is 0 Å². The Hall–Kier alpha value is -3.79. The fraction of sp³-hybridized carbons (Fsp3) is 0.333. The summed E-state index contributed by atoms with van der Waals surface area (Å²) in [6, 6.07) is 7.42. The van der Waals surface area contributed by atoms with Crippen molar-refractivity contribution in [3.05, 3.63) is 58.7 Å². The minimum atomic E-state index is -1.00. The Morgan fingerprint density at radius 2 is 1.97 bits per heavy atom. The smallest absolute Gasteiger partial charge is 0.253 e. The van der Waals surface area contributed by atoms with Crippen molar-refractivity contribution in [3.8, 4) is 11.3 Å². The lowest BCUT2D eigenvalue weighted by Crippen LogP contribution is -2.27. The van der Waals surface area contributed by atoms with E-state index in [2.05, 4.69) is 20.6 Å². The molecule has 0 atom stereocenters. The second-order valence-corrected chi connectivity index (χ2v) is 10.1. The van der Waals surface area contributed by atoms with Crippen LogP contribution in [0.3, 0.4) is 0 Å². The molecule has 3 heterocycles. The first kappa shape index (κ1) is 24.5. The van der Waals surface area contributed by atoms with Crippen LogP contribution in [0.15, 0.2) is 36.5 Å². The zero-order valence-corrected chi connectivity index (χ0v) is 21.2. The highest BCUT2D eigenvalue weighted by molar-refractivity contribution is 6.34. The number of halogens is 3. The Bertz CT molecular complexity index is 1590.